The van der Waals surface area contributed by atoms with E-state index in [1.807, 2.05) is 42.5 Å². The summed E-state index contributed by atoms with van der Waals surface area (Å²) in [6.07, 6.45) is 1.16. The van der Waals surface area contributed by atoms with Gasteiger partial charge in [0, 0.05) is 19.0 Å². The van der Waals surface area contributed by atoms with Crippen LogP contribution in [0.15, 0.2) is 59.4 Å². The summed E-state index contributed by atoms with van der Waals surface area (Å²) in [5, 5.41) is 8.96. The van der Waals surface area contributed by atoms with Crippen molar-refractivity contribution in [3.05, 3.63) is 81.5 Å². The minimum Gasteiger partial charge on any atom is -0.493 e. The standard InChI is InChI=1S/C31H35N3O6/c1-18(31(37)32-17-20-9-7-6-8-10-20)33-25-14-12-22-23(16-26(25)36)24(34-19(2)35)13-11-21-15-27(38-3)29(39-4)30(40-5)28(21)22/h6-10,12,14-16,18,24H,11,13,17H2,1-5H3,(H,32,37)(H,33,36)(H,34,35)/t18-,24-/m0/s1. The van der Waals surface area contributed by atoms with Crippen LogP contribution in [0.25, 0.3) is 11.1 Å². The fourth-order valence-corrected chi connectivity index (χ4v) is 5.06. The summed E-state index contributed by atoms with van der Waals surface area (Å²) in [5.41, 5.74) is 4.00. The first-order valence-electron chi connectivity index (χ1n) is 13.1. The van der Waals surface area contributed by atoms with Gasteiger partial charge in [0.05, 0.1) is 33.1 Å². The highest BCUT2D eigenvalue weighted by Gasteiger charge is 2.29. The van der Waals surface area contributed by atoms with Gasteiger partial charge in [-0.3, -0.25) is 14.4 Å². The number of carbonyl (C=O) groups excluding carboxylic acids is 2. The van der Waals surface area contributed by atoms with Gasteiger partial charge in [-0.25, -0.2) is 0 Å². The molecule has 0 radical (unpaired) electrons. The maximum atomic E-state index is 13.5. The molecule has 40 heavy (non-hydrogen) atoms. The third-order valence-electron chi connectivity index (χ3n) is 6.99. The molecule has 4 rings (SSSR count). The molecule has 0 heterocycles. The van der Waals surface area contributed by atoms with Crippen LogP contribution in [0.1, 0.15) is 43.0 Å². The molecule has 1 aliphatic carbocycles. The molecule has 0 fully saturated rings. The molecule has 9 nitrogen and oxygen atoms in total. The van der Waals surface area contributed by atoms with Crippen LogP contribution in [0.4, 0.5) is 5.69 Å². The molecular weight excluding hydrogens is 510 g/mol. The number of benzene rings is 2. The van der Waals surface area contributed by atoms with Crippen molar-refractivity contribution >= 4 is 17.5 Å². The highest BCUT2D eigenvalue weighted by molar-refractivity contribution is 5.85. The van der Waals surface area contributed by atoms with E-state index in [0.29, 0.717) is 42.2 Å². The minimum absolute atomic E-state index is 0.204. The maximum Gasteiger partial charge on any atom is 0.242 e. The summed E-state index contributed by atoms with van der Waals surface area (Å²) in [5.74, 6) is 0.994. The number of carbonyl (C=O) groups is 2. The Labute approximate surface area is 233 Å². The zero-order valence-electron chi connectivity index (χ0n) is 23.4. The second kappa shape index (κ2) is 12.5. The van der Waals surface area contributed by atoms with E-state index in [4.69, 9.17) is 14.2 Å². The fourth-order valence-electron chi connectivity index (χ4n) is 5.06. The van der Waals surface area contributed by atoms with Gasteiger partial charge in [-0.05, 0) is 60.2 Å². The van der Waals surface area contributed by atoms with Crippen LogP contribution >= 0.6 is 0 Å². The molecule has 0 bridgehead atoms. The highest BCUT2D eigenvalue weighted by atomic mass is 16.5. The number of aryl methyl sites for hydroxylation is 1. The lowest BCUT2D eigenvalue weighted by atomic mass is 9.95. The van der Waals surface area contributed by atoms with Crippen LogP contribution in [0.2, 0.25) is 0 Å². The van der Waals surface area contributed by atoms with Crippen LogP contribution in [0, 0.1) is 0 Å². The molecule has 0 saturated heterocycles. The molecule has 9 heteroatoms. The lowest BCUT2D eigenvalue weighted by Gasteiger charge is -2.19. The zero-order chi connectivity index (χ0) is 28.8. The average molecular weight is 546 g/mol. The van der Waals surface area contributed by atoms with Crippen molar-refractivity contribution in [1.82, 2.24) is 10.6 Å². The Hall–Kier alpha value is -4.53. The van der Waals surface area contributed by atoms with Crippen LogP contribution in [-0.2, 0) is 22.6 Å². The molecule has 0 aromatic heterocycles. The second-order valence-corrected chi connectivity index (χ2v) is 9.67. The predicted octanol–water partition coefficient (Wildman–Crippen LogP) is 3.98. The van der Waals surface area contributed by atoms with Crippen molar-refractivity contribution in [3.8, 4) is 28.4 Å². The maximum absolute atomic E-state index is 13.5. The quantitative estimate of drug-likeness (QED) is 0.373. The molecule has 3 aromatic carbocycles. The Kier molecular flexibility index (Phi) is 8.93. The van der Waals surface area contributed by atoms with E-state index in [1.165, 1.54) is 20.1 Å². The molecule has 3 aromatic rings. The van der Waals surface area contributed by atoms with Crippen molar-refractivity contribution in [2.45, 2.75) is 45.3 Å². The summed E-state index contributed by atoms with van der Waals surface area (Å²) >= 11 is 0. The third kappa shape index (κ3) is 6.03. The Morgan fingerprint density at radius 1 is 0.975 bits per heavy atom. The number of rotatable bonds is 9. The van der Waals surface area contributed by atoms with Gasteiger partial charge in [0.15, 0.2) is 11.5 Å². The van der Waals surface area contributed by atoms with Gasteiger partial charge in [0.2, 0.25) is 23.0 Å². The number of anilines is 1. The third-order valence-corrected chi connectivity index (χ3v) is 6.99. The average Bonchev–Trinajstić information content (AvgIpc) is 3.19. The van der Waals surface area contributed by atoms with Gasteiger partial charge < -0.3 is 30.2 Å². The Balaban J connectivity index is 1.76. The molecule has 0 spiro atoms. The second-order valence-electron chi connectivity index (χ2n) is 9.67. The summed E-state index contributed by atoms with van der Waals surface area (Å²) in [4.78, 5) is 38.4. The monoisotopic (exact) mass is 545 g/mol. The Bertz CT molecular complexity index is 1460. The van der Waals surface area contributed by atoms with Gasteiger partial charge in [-0.15, -0.1) is 0 Å². The first kappa shape index (κ1) is 28.5. The highest BCUT2D eigenvalue weighted by Crippen LogP contribution is 2.50. The van der Waals surface area contributed by atoms with Crippen molar-refractivity contribution in [2.24, 2.45) is 0 Å². The van der Waals surface area contributed by atoms with E-state index < -0.39 is 12.1 Å². The molecule has 2 amide bonds. The first-order chi connectivity index (χ1) is 19.3. The van der Waals surface area contributed by atoms with E-state index in [1.54, 1.807) is 27.2 Å². The van der Waals surface area contributed by atoms with Gasteiger partial charge in [0.25, 0.3) is 0 Å². The molecule has 0 unspecified atom stereocenters. The number of methoxy groups -OCH3 is 3. The minimum atomic E-state index is -0.670. The van der Waals surface area contributed by atoms with Gasteiger partial charge >= 0.3 is 0 Å². The van der Waals surface area contributed by atoms with E-state index in [0.717, 1.165) is 22.3 Å². The van der Waals surface area contributed by atoms with E-state index >= 15 is 0 Å². The Morgan fingerprint density at radius 2 is 1.70 bits per heavy atom. The van der Waals surface area contributed by atoms with Crippen LogP contribution in [0.5, 0.6) is 17.2 Å². The van der Waals surface area contributed by atoms with E-state index in [2.05, 4.69) is 16.0 Å². The molecular formula is C31H35N3O6. The normalized spacial score (nSPS) is 14.5. The topological polar surface area (TPSA) is 115 Å². The van der Waals surface area contributed by atoms with Crippen molar-refractivity contribution in [2.75, 3.05) is 26.6 Å². The van der Waals surface area contributed by atoms with Crippen LogP contribution in [0.3, 0.4) is 0 Å². The van der Waals surface area contributed by atoms with Crippen LogP contribution in [-0.4, -0.2) is 39.2 Å². The zero-order valence-corrected chi connectivity index (χ0v) is 23.4. The van der Waals surface area contributed by atoms with Crippen molar-refractivity contribution < 1.29 is 23.8 Å². The molecule has 210 valence electrons. The number of hydrogen-bond acceptors (Lipinski definition) is 7. The molecule has 2 atom stereocenters. The molecule has 1 aliphatic rings. The fraction of sp³-hybridized carbons (Fsp3) is 0.323. The summed E-state index contributed by atoms with van der Waals surface area (Å²) < 4.78 is 17.0. The number of nitrogens with one attached hydrogen (secondary N) is 3. The lowest BCUT2D eigenvalue weighted by Crippen LogP contribution is -2.38. The summed E-state index contributed by atoms with van der Waals surface area (Å²) in [6.45, 7) is 3.54. The summed E-state index contributed by atoms with van der Waals surface area (Å²) in [6, 6.07) is 15.4. The van der Waals surface area contributed by atoms with Crippen molar-refractivity contribution in [1.29, 1.82) is 0 Å². The Morgan fingerprint density at radius 3 is 2.35 bits per heavy atom. The largest absolute Gasteiger partial charge is 0.493 e. The SMILES string of the molecule is COc1cc2c(c(OC)c1OC)-c1ccc(N[C@@H](C)C(=O)NCc3ccccc3)c(=O)cc1[C@@H](NC(C)=O)CC2. The molecule has 0 saturated carbocycles. The lowest BCUT2D eigenvalue weighted by molar-refractivity contribution is -0.122. The number of ether oxygens (including phenoxy) is 3. The number of hydrogen-bond donors (Lipinski definition) is 3. The first-order valence-corrected chi connectivity index (χ1v) is 13.1. The van der Waals surface area contributed by atoms with E-state index in [9.17, 15) is 14.4 Å². The van der Waals surface area contributed by atoms with Gasteiger partial charge in [0.1, 0.15) is 6.04 Å². The molecule has 3 N–H and O–H groups in total. The number of fused-ring (bicyclic) bond motifs is 3. The van der Waals surface area contributed by atoms with Crippen molar-refractivity contribution in [3.63, 3.8) is 0 Å². The van der Waals surface area contributed by atoms with Gasteiger partial charge in [-0.1, -0.05) is 36.4 Å². The predicted molar refractivity (Wildman–Crippen MR) is 154 cm³/mol. The van der Waals surface area contributed by atoms with Gasteiger partial charge in [-0.2, -0.15) is 0 Å². The smallest absolute Gasteiger partial charge is 0.242 e. The summed E-state index contributed by atoms with van der Waals surface area (Å²) in [7, 11) is 4.66. The van der Waals surface area contributed by atoms with E-state index in [-0.39, 0.29) is 22.9 Å². The number of amides is 2. The molecule has 0 aliphatic heterocycles. The van der Waals surface area contributed by atoms with Crippen LogP contribution < -0.4 is 35.6 Å².